The van der Waals surface area contributed by atoms with Gasteiger partial charge >= 0.3 is 65.1 Å². The van der Waals surface area contributed by atoms with Gasteiger partial charge in [0.1, 0.15) is 19.3 Å². The molecule has 0 heterocycles. The Hall–Kier alpha value is -1.18. The van der Waals surface area contributed by atoms with Gasteiger partial charge in [-0.05, 0) is 40.8 Å². The molecule has 0 radical (unpaired) electrons. The summed E-state index contributed by atoms with van der Waals surface area (Å²) in [6, 6.07) is 25.6. The molecule has 4 aromatic carbocycles. The maximum Gasteiger partial charge on any atom is 1.00 e. The summed E-state index contributed by atoms with van der Waals surface area (Å²) in [7, 11) is -4.99. The molecule has 0 unspecified atom stereocenters. The molecule has 0 N–H and O–H groups in total. The monoisotopic (exact) mass is 482 g/mol. The summed E-state index contributed by atoms with van der Waals surface area (Å²) >= 11 is 0. The zero-order valence-corrected chi connectivity index (χ0v) is 23.8. The van der Waals surface area contributed by atoms with E-state index < -0.39 is 7.82 Å². The van der Waals surface area contributed by atoms with Crippen LogP contribution in [0, 0.1) is 0 Å². The van der Waals surface area contributed by atoms with E-state index in [2.05, 4.69) is 4.52 Å². The third-order valence-electron chi connectivity index (χ3n) is 4.37. The normalized spacial score (nSPS) is 10.3. The second kappa shape index (κ2) is 14.3. The first kappa shape index (κ1) is 29.9. The standard InChI is InChI=1S/C14H14O2.C10H9O4P.2Na/c1-2-5-14(15)16-13-9-8-11-6-3-4-7-12(11)10-13;11-15(12,13)14-10-7-3-5-8-4-1-2-6-9(8)10;;/h3-4,6-10H,2,5H2,1H3;1-7H,(H2,11,12,13);;/q;;2*+1/p-2. The Kier molecular flexibility index (Phi) is 12.9. The Morgan fingerprint density at radius 2 is 1.42 bits per heavy atom. The Bertz CT molecular complexity index is 1240. The molecule has 160 valence electrons. The first-order valence-corrected chi connectivity index (χ1v) is 11.2. The van der Waals surface area contributed by atoms with E-state index in [1.807, 2.05) is 67.6 Å². The Labute approximate surface area is 237 Å². The van der Waals surface area contributed by atoms with Crippen LogP contribution in [0.5, 0.6) is 11.5 Å². The van der Waals surface area contributed by atoms with Gasteiger partial charge in [0.15, 0.2) is 0 Å². The van der Waals surface area contributed by atoms with Crippen LogP contribution in [0.4, 0.5) is 0 Å². The maximum atomic E-state index is 11.3. The molecule has 0 bridgehead atoms. The van der Waals surface area contributed by atoms with Gasteiger partial charge in [-0.2, -0.15) is 0 Å². The van der Waals surface area contributed by atoms with Gasteiger partial charge in [0.2, 0.25) is 0 Å². The van der Waals surface area contributed by atoms with Crippen molar-refractivity contribution in [2.45, 2.75) is 19.8 Å². The van der Waals surface area contributed by atoms with Gasteiger partial charge in [0, 0.05) is 11.8 Å². The predicted molar refractivity (Wildman–Crippen MR) is 117 cm³/mol. The van der Waals surface area contributed by atoms with Gasteiger partial charge in [0.25, 0.3) is 0 Å². The van der Waals surface area contributed by atoms with Crippen LogP contribution in [0.15, 0.2) is 84.9 Å². The van der Waals surface area contributed by atoms with Crippen LogP contribution in [0.2, 0.25) is 0 Å². The number of esters is 1. The average Bonchev–Trinajstić information content (AvgIpc) is 2.73. The van der Waals surface area contributed by atoms with Crippen LogP contribution < -0.4 is 78.2 Å². The molecule has 0 atom stereocenters. The molecule has 0 fully saturated rings. The number of phosphoric acid groups is 1. The molecule has 0 saturated heterocycles. The molecule has 0 amide bonds. The zero-order valence-electron chi connectivity index (χ0n) is 18.9. The number of phosphoric ester groups is 1. The quantitative estimate of drug-likeness (QED) is 0.150. The van der Waals surface area contributed by atoms with Crippen molar-refractivity contribution in [2.75, 3.05) is 0 Å². The first-order chi connectivity index (χ1) is 14.9. The number of carbonyl (C=O) groups is 1. The summed E-state index contributed by atoms with van der Waals surface area (Å²) < 4.78 is 20.1. The van der Waals surface area contributed by atoms with Crippen LogP contribution in [0.25, 0.3) is 21.5 Å². The van der Waals surface area contributed by atoms with Gasteiger partial charge in [-0.15, -0.1) is 0 Å². The van der Waals surface area contributed by atoms with E-state index in [9.17, 15) is 19.1 Å². The molecule has 0 saturated carbocycles. The molecule has 33 heavy (non-hydrogen) atoms. The van der Waals surface area contributed by atoms with Crippen molar-refractivity contribution in [1.82, 2.24) is 0 Å². The van der Waals surface area contributed by atoms with Crippen LogP contribution in [-0.4, -0.2) is 5.97 Å². The molecule has 0 aliphatic heterocycles. The molecule has 4 aromatic rings. The Morgan fingerprint density at radius 3 is 2.09 bits per heavy atom. The number of rotatable bonds is 5. The van der Waals surface area contributed by atoms with Gasteiger partial charge in [-0.3, -0.25) is 4.79 Å². The SMILES string of the molecule is CCCC(=O)Oc1ccc2ccccc2c1.O=P([O-])([O-])Oc1cccc2ccccc12.[Na+].[Na+]. The molecule has 6 nitrogen and oxygen atoms in total. The summed E-state index contributed by atoms with van der Waals surface area (Å²) in [6.45, 7) is 1.96. The predicted octanol–water partition coefficient (Wildman–Crippen LogP) is -1.40. The molecule has 0 aliphatic carbocycles. The van der Waals surface area contributed by atoms with Crippen molar-refractivity contribution in [1.29, 1.82) is 0 Å². The third kappa shape index (κ3) is 9.53. The van der Waals surface area contributed by atoms with E-state index in [1.54, 1.807) is 18.2 Å². The van der Waals surface area contributed by atoms with E-state index in [1.165, 1.54) is 6.07 Å². The smallest absolute Gasteiger partial charge is 0.780 e. The molecular formula is C24H21Na2O6P. The molecular weight excluding hydrogens is 461 g/mol. The second-order valence-electron chi connectivity index (χ2n) is 6.75. The molecule has 9 heteroatoms. The first-order valence-electron chi connectivity index (χ1n) is 9.74. The van der Waals surface area contributed by atoms with E-state index in [4.69, 9.17) is 4.74 Å². The van der Waals surface area contributed by atoms with Gasteiger partial charge < -0.3 is 23.6 Å². The van der Waals surface area contributed by atoms with E-state index >= 15 is 0 Å². The van der Waals surface area contributed by atoms with Crippen LogP contribution in [0.3, 0.4) is 0 Å². The topological polar surface area (TPSA) is 98.7 Å². The number of benzene rings is 4. The fraction of sp³-hybridized carbons (Fsp3) is 0.125. The average molecular weight is 482 g/mol. The van der Waals surface area contributed by atoms with Crippen molar-refractivity contribution in [3.8, 4) is 11.5 Å². The third-order valence-corrected chi connectivity index (χ3v) is 4.79. The summed E-state index contributed by atoms with van der Waals surface area (Å²) in [5.41, 5.74) is 0. The number of ether oxygens (including phenoxy) is 1. The van der Waals surface area contributed by atoms with Crippen molar-refractivity contribution in [3.63, 3.8) is 0 Å². The Morgan fingerprint density at radius 1 is 0.818 bits per heavy atom. The molecule has 4 rings (SSSR count). The molecule has 0 spiro atoms. The van der Waals surface area contributed by atoms with Gasteiger partial charge in [-0.25, -0.2) is 0 Å². The fourth-order valence-electron chi connectivity index (χ4n) is 3.01. The number of fused-ring (bicyclic) bond motifs is 2. The summed E-state index contributed by atoms with van der Waals surface area (Å²) in [4.78, 5) is 32.3. The largest absolute Gasteiger partial charge is 1.00 e. The Balaban J connectivity index is 0.000000312. The fourth-order valence-corrected chi connectivity index (χ4v) is 3.41. The summed E-state index contributed by atoms with van der Waals surface area (Å²) in [5.74, 6) is 0.524. The number of hydrogen-bond acceptors (Lipinski definition) is 6. The minimum atomic E-state index is -4.99. The number of hydrogen-bond donors (Lipinski definition) is 0. The van der Waals surface area contributed by atoms with E-state index in [-0.39, 0.29) is 70.8 Å². The molecule has 0 aliphatic rings. The van der Waals surface area contributed by atoms with E-state index in [0.29, 0.717) is 17.6 Å². The van der Waals surface area contributed by atoms with Gasteiger partial charge in [0.05, 0.1) is 0 Å². The van der Waals surface area contributed by atoms with Gasteiger partial charge in [-0.1, -0.05) is 73.7 Å². The van der Waals surface area contributed by atoms with Crippen molar-refractivity contribution < 1.29 is 87.5 Å². The summed E-state index contributed by atoms with van der Waals surface area (Å²) in [6.07, 6.45) is 1.28. The number of carbonyl (C=O) groups excluding carboxylic acids is 1. The minimum Gasteiger partial charge on any atom is -0.780 e. The van der Waals surface area contributed by atoms with Crippen LogP contribution in [0.1, 0.15) is 19.8 Å². The summed E-state index contributed by atoms with van der Waals surface area (Å²) in [5, 5.41) is 3.66. The van der Waals surface area contributed by atoms with Crippen LogP contribution >= 0.6 is 7.82 Å². The second-order valence-corrected chi connectivity index (χ2v) is 7.83. The zero-order chi connectivity index (χ0) is 22.3. The minimum absolute atomic E-state index is 0. The van der Waals surface area contributed by atoms with Crippen molar-refractivity contribution in [3.05, 3.63) is 84.9 Å². The van der Waals surface area contributed by atoms with E-state index in [0.717, 1.165) is 22.6 Å². The van der Waals surface area contributed by atoms with Crippen LogP contribution in [-0.2, 0) is 9.36 Å². The maximum absolute atomic E-state index is 11.3. The molecule has 0 aromatic heterocycles. The van der Waals surface area contributed by atoms with Crippen molar-refractivity contribution >= 4 is 35.3 Å². The van der Waals surface area contributed by atoms with Crippen molar-refractivity contribution in [2.24, 2.45) is 0 Å².